The lowest BCUT2D eigenvalue weighted by molar-refractivity contribution is 0.352. The molecule has 1 heterocycles. The van der Waals surface area contributed by atoms with Crippen LogP contribution in [0.4, 0.5) is 0 Å². The van der Waals surface area contributed by atoms with Crippen molar-refractivity contribution in [1.82, 2.24) is 4.98 Å². The Labute approximate surface area is 119 Å². The van der Waals surface area contributed by atoms with E-state index in [0.29, 0.717) is 5.92 Å². The lowest BCUT2D eigenvalue weighted by Gasteiger charge is -2.29. The highest BCUT2D eigenvalue weighted by Gasteiger charge is 2.27. The van der Waals surface area contributed by atoms with Crippen LogP contribution in [-0.2, 0) is 12.8 Å². The molecule has 3 rings (SSSR count). The zero-order chi connectivity index (χ0) is 13.9. The van der Waals surface area contributed by atoms with Crippen LogP contribution in [0.15, 0.2) is 42.6 Å². The van der Waals surface area contributed by atoms with Gasteiger partial charge in [0.15, 0.2) is 0 Å². The van der Waals surface area contributed by atoms with Crippen molar-refractivity contribution >= 4 is 0 Å². The first-order valence-electron chi connectivity index (χ1n) is 7.11. The van der Waals surface area contributed by atoms with Gasteiger partial charge in [-0.1, -0.05) is 24.3 Å². The largest absolute Gasteiger partial charge is 0.495 e. The normalized spacial score (nSPS) is 19.2. The van der Waals surface area contributed by atoms with Crippen molar-refractivity contribution in [2.24, 2.45) is 11.7 Å². The number of fused-ring (bicyclic) bond motifs is 1. The van der Waals surface area contributed by atoms with Crippen LogP contribution in [0.5, 0.6) is 5.75 Å². The number of hydrogen-bond acceptors (Lipinski definition) is 3. The summed E-state index contributed by atoms with van der Waals surface area (Å²) in [6.07, 6.45) is 5.02. The van der Waals surface area contributed by atoms with Crippen LogP contribution in [0.3, 0.4) is 0 Å². The van der Waals surface area contributed by atoms with Gasteiger partial charge in [-0.25, -0.2) is 0 Å². The van der Waals surface area contributed by atoms with Gasteiger partial charge in [0.2, 0.25) is 0 Å². The number of benzene rings is 1. The maximum atomic E-state index is 6.46. The number of nitrogens with zero attached hydrogens (tertiary/aromatic N) is 1. The van der Waals surface area contributed by atoms with Gasteiger partial charge < -0.3 is 10.5 Å². The lowest BCUT2D eigenvalue weighted by Crippen LogP contribution is -2.28. The van der Waals surface area contributed by atoms with Crippen molar-refractivity contribution < 1.29 is 4.74 Å². The number of methoxy groups -OCH3 is 1. The molecule has 0 amide bonds. The molecule has 0 spiro atoms. The summed E-state index contributed by atoms with van der Waals surface area (Å²) in [5, 5.41) is 0. The fourth-order valence-electron chi connectivity index (χ4n) is 3.08. The van der Waals surface area contributed by atoms with E-state index in [2.05, 4.69) is 29.2 Å². The molecule has 3 nitrogen and oxygen atoms in total. The molecule has 0 bridgehead atoms. The lowest BCUT2D eigenvalue weighted by atomic mass is 9.79. The molecule has 0 aliphatic heterocycles. The summed E-state index contributed by atoms with van der Waals surface area (Å²) in [5.74, 6) is 1.22. The number of ether oxygens (including phenoxy) is 1. The van der Waals surface area contributed by atoms with Crippen LogP contribution >= 0.6 is 0 Å². The summed E-state index contributed by atoms with van der Waals surface area (Å²) < 4.78 is 5.38. The standard InChI is InChI=1S/C17H20N2O/c1-20-15-7-4-10-19-17(15)16(18)14-9-8-12-5-2-3-6-13(12)11-14/h2-7,10,14,16H,8-9,11,18H2,1H3. The summed E-state index contributed by atoms with van der Waals surface area (Å²) in [4.78, 5) is 4.43. The maximum Gasteiger partial charge on any atom is 0.141 e. The van der Waals surface area contributed by atoms with Crippen molar-refractivity contribution in [3.05, 3.63) is 59.4 Å². The molecule has 3 heteroatoms. The minimum absolute atomic E-state index is 0.0699. The van der Waals surface area contributed by atoms with E-state index in [1.54, 1.807) is 13.3 Å². The Balaban J connectivity index is 1.84. The quantitative estimate of drug-likeness (QED) is 0.931. The van der Waals surface area contributed by atoms with Crippen LogP contribution in [0, 0.1) is 5.92 Å². The Morgan fingerprint density at radius 3 is 2.80 bits per heavy atom. The number of nitrogens with two attached hydrogens (primary N) is 1. The SMILES string of the molecule is COc1cccnc1C(N)C1CCc2ccccc2C1. The third-order valence-corrected chi connectivity index (χ3v) is 4.23. The Kier molecular flexibility index (Phi) is 3.70. The molecule has 1 aliphatic carbocycles. The highest BCUT2D eigenvalue weighted by molar-refractivity contribution is 5.33. The van der Waals surface area contributed by atoms with Crippen LogP contribution in [0.2, 0.25) is 0 Å². The van der Waals surface area contributed by atoms with Gasteiger partial charge in [0, 0.05) is 6.20 Å². The van der Waals surface area contributed by atoms with Gasteiger partial charge in [-0.2, -0.15) is 0 Å². The molecule has 0 saturated carbocycles. The fraction of sp³-hybridized carbons (Fsp3) is 0.353. The van der Waals surface area contributed by atoms with E-state index in [9.17, 15) is 0 Å². The van der Waals surface area contributed by atoms with Gasteiger partial charge in [0.1, 0.15) is 5.75 Å². The van der Waals surface area contributed by atoms with Gasteiger partial charge >= 0.3 is 0 Å². The average Bonchev–Trinajstić information content (AvgIpc) is 2.53. The van der Waals surface area contributed by atoms with Crippen molar-refractivity contribution in [1.29, 1.82) is 0 Å². The van der Waals surface area contributed by atoms with Gasteiger partial charge in [-0.15, -0.1) is 0 Å². The highest BCUT2D eigenvalue weighted by Crippen LogP contribution is 2.34. The first kappa shape index (κ1) is 13.1. The monoisotopic (exact) mass is 268 g/mol. The second-order valence-electron chi connectivity index (χ2n) is 5.39. The van der Waals surface area contributed by atoms with E-state index >= 15 is 0 Å². The Morgan fingerprint density at radius 2 is 2.00 bits per heavy atom. The third kappa shape index (κ3) is 2.41. The highest BCUT2D eigenvalue weighted by atomic mass is 16.5. The predicted molar refractivity (Wildman–Crippen MR) is 79.7 cm³/mol. The first-order chi connectivity index (χ1) is 9.79. The third-order valence-electron chi connectivity index (χ3n) is 4.23. The predicted octanol–water partition coefficient (Wildman–Crippen LogP) is 2.90. The smallest absolute Gasteiger partial charge is 0.141 e. The molecular weight excluding hydrogens is 248 g/mol. The molecule has 2 atom stereocenters. The number of hydrogen-bond donors (Lipinski definition) is 1. The molecule has 2 N–H and O–H groups in total. The van der Waals surface area contributed by atoms with E-state index in [1.165, 1.54) is 11.1 Å². The summed E-state index contributed by atoms with van der Waals surface area (Å²) in [7, 11) is 1.67. The zero-order valence-electron chi connectivity index (χ0n) is 11.8. The van der Waals surface area contributed by atoms with Gasteiger partial charge in [0.05, 0.1) is 18.8 Å². The Hall–Kier alpha value is -1.87. The number of rotatable bonds is 3. The molecule has 2 unspecified atom stereocenters. The first-order valence-corrected chi connectivity index (χ1v) is 7.11. The minimum Gasteiger partial charge on any atom is -0.495 e. The minimum atomic E-state index is -0.0699. The van der Waals surface area contributed by atoms with E-state index in [4.69, 9.17) is 10.5 Å². The molecule has 1 aliphatic rings. The van der Waals surface area contributed by atoms with Crippen LogP contribution in [0.1, 0.15) is 29.3 Å². The molecular formula is C17H20N2O. The second kappa shape index (κ2) is 5.63. The Morgan fingerprint density at radius 1 is 1.20 bits per heavy atom. The molecule has 0 radical (unpaired) electrons. The van der Waals surface area contributed by atoms with Crippen LogP contribution in [0.25, 0.3) is 0 Å². The van der Waals surface area contributed by atoms with Crippen molar-refractivity contribution in [2.45, 2.75) is 25.3 Å². The molecule has 1 aromatic carbocycles. The summed E-state index contributed by atoms with van der Waals surface area (Å²) in [6.45, 7) is 0. The molecule has 0 saturated heterocycles. The average molecular weight is 268 g/mol. The van der Waals surface area contributed by atoms with Gasteiger partial charge in [-0.3, -0.25) is 4.98 Å². The molecule has 104 valence electrons. The van der Waals surface area contributed by atoms with Crippen molar-refractivity contribution in [2.75, 3.05) is 7.11 Å². The van der Waals surface area contributed by atoms with E-state index < -0.39 is 0 Å². The molecule has 2 aromatic rings. The van der Waals surface area contributed by atoms with Crippen LogP contribution < -0.4 is 10.5 Å². The second-order valence-corrected chi connectivity index (χ2v) is 5.39. The van der Waals surface area contributed by atoms with E-state index in [-0.39, 0.29) is 6.04 Å². The van der Waals surface area contributed by atoms with Gasteiger partial charge in [-0.05, 0) is 48.4 Å². The number of pyridine rings is 1. The van der Waals surface area contributed by atoms with E-state index in [0.717, 1.165) is 30.7 Å². The summed E-state index contributed by atoms with van der Waals surface area (Å²) in [5.41, 5.74) is 10.2. The zero-order valence-corrected chi connectivity index (χ0v) is 11.8. The maximum absolute atomic E-state index is 6.46. The topological polar surface area (TPSA) is 48.1 Å². The molecule has 0 fully saturated rings. The van der Waals surface area contributed by atoms with Crippen molar-refractivity contribution in [3.63, 3.8) is 0 Å². The van der Waals surface area contributed by atoms with E-state index in [1.807, 2.05) is 12.1 Å². The molecule has 20 heavy (non-hydrogen) atoms. The number of aryl methyl sites for hydroxylation is 1. The fourth-order valence-corrected chi connectivity index (χ4v) is 3.08. The summed E-state index contributed by atoms with van der Waals surface area (Å²) in [6, 6.07) is 12.4. The van der Waals surface area contributed by atoms with Crippen LogP contribution in [-0.4, -0.2) is 12.1 Å². The summed E-state index contributed by atoms with van der Waals surface area (Å²) >= 11 is 0. The number of aromatic nitrogens is 1. The van der Waals surface area contributed by atoms with Gasteiger partial charge in [0.25, 0.3) is 0 Å². The van der Waals surface area contributed by atoms with Crippen molar-refractivity contribution in [3.8, 4) is 5.75 Å². The Bertz CT molecular complexity index is 597. The molecule has 1 aromatic heterocycles.